The van der Waals surface area contributed by atoms with Gasteiger partial charge in [-0.1, -0.05) is 13.8 Å². The summed E-state index contributed by atoms with van der Waals surface area (Å²) in [5, 5.41) is 0. The van der Waals surface area contributed by atoms with Gasteiger partial charge in [0.15, 0.2) is 0 Å². The Bertz CT molecular complexity index is 184. The van der Waals surface area contributed by atoms with E-state index in [9.17, 15) is 0 Å². The fourth-order valence-electron chi connectivity index (χ4n) is 2.17. The van der Waals surface area contributed by atoms with Gasteiger partial charge >= 0.3 is 0 Å². The Labute approximate surface area is 87.6 Å². The lowest BCUT2D eigenvalue weighted by Crippen LogP contribution is -2.61. The molecule has 0 spiro atoms. The lowest BCUT2D eigenvalue weighted by molar-refractivity contribution is -0.0655. The Balaban J connectivity index is 2.76. The van der Waals surface area contributed by atoms with E-state index < -0.39 is 0 Å². The van der Waals surface area contributed by atoms with Gasteiger partial charge in [-0.05, 0) is 19.8 Å². The molecule has 2 atom stereocenters. The van der Waals surface area contributed by atoms with Crippen LogP contribution in [0.1, 0.15) is 27.7 Å². The Morgan fingerprint density at radius 1 is 1.57 bits per heavy atom. The van der Waals surface area contributed by atoms with Crippen LogP contribution in [-0.2, 0) is 4.74 Å². The standard InChI is InChI=1S/C11H24N2O/c1-9(2)11(4,8-12)13-5-6-14-7-10(13)3/h9-10H,5-8,12H2,1-4H3. The molecule has 3 heteroatoms. The van der Waals surface area contributed by atoms with E-state index >= 15 is 0 Å². The van der Waals surface area contributed by atoms with Crippen LogP contribution in [0.15, 0.2) is 0 Å². The summed E-state index contributed by atoms with van der Waals surface area (Å²) in [4.78, 5) is 2.50. The Hall–Kier alpha value is -0.120. The van der Waals surface area contributed by atoms with E-state index in [1.54, 1.807) is 0 Å². The minimum Gasteiger partial charge on any atom is -0.379 e. The first-order valence-corrected chi connectivity index (χ1v) is 5.57. The predicted molar refractivity (Wildman–Crippen MR) is 59.3 cm³/mol. The molecule has 0 amide bonds. The quantitative estimate of drug-likeness (QED) is 0.741. The average molecular weight is 200 g/mol. The molecule has 2 N–H and O–H groups in total. The number of rotatable bonds is 3. The molecule has 0 aromatic carbocycles. The molecule has 1 aliphatic heterocycles. The number of nitrogens with two attached hydrogens (primary N) is 1. The first-order chi connectivity index (χ1) is 6.52. The third-order valence-corrected chi connectivity index (χ3v) is 3.68. The van der Waals surface area contributed by atoms with Crippen molar-refractivity contribution in [1.29, 1.82) is 0 Å². The van der Waals surface area contributed by atoms with Crippen molar-refractivity contribution in [3.05, 3.63) is 0 Å². The maximum Gasteiger partial charge on any atom is 0.0620 e. The van der Waals surface area contributed by atoms with E-state index in [1.165, 1.54) is 0 Å². The molecule has 0 aromatic heterocycles. The smallest absolute Gasteiger partial charge is 0.0620 e. The molecular formula is C11H24N2O. The van der Waals surface area contributed by atoms with Crippen molar-refractivity contribution in [2.24, 2.45) is 11.7 Å². The topological polar surface area (TPSA) is 38.5 Å². The second-order valence-corrected chi connectivity index (χ2v) is 4.83. The molecule has 0 aliphatic carbocycles. The zero-order valence-electron chi connectivity index (χ0n) is 9.92. The van der Waals surface area contributed by atoms with Gasteiger partial charge in [-0.15, -0.1) is 0 Å². The van der Waals surface area contributed by atoms with Crippen LogP contribution in [-0.4, -0.2) is 42.8 Å². The summed E-state index contributed by atoms with van der Waals surface area (Å²) < 4.78 is 5.45. The number of ether oxygens (including phenoxy) is 1. The molecule has 84 valence electrons. The van der Waals surface area contributed by atoms with Crippen LogP contribution in [0.4, 0.5) is 0 Å². The summed E-state index contributed by atoms with van der Waals surface area (Å²) in [6.45, 7) is 12.4. The molecule has 1 saturated heterocycles. The molecule has 1 aliphatic rings. The average Bonchev–Trinajstić information content (AvgIpc) is 2.17. The zero-order valence-corrected chi connectivity index (χ0v) is 9.92. The minimum atomic E-state index is 0.114. The summed E-state index contributed by atoms with van der Waals surface area (Å²) >= 11 is 0. The van der Waals surface area contributed by atoms with Gasteiger partial charge in [0.05, 0.1) is 13.2 Å². The first-order valence-electron chi connectivity index (χ1n) is 5.57. The van der Waals surface area contributed by atoms with E-state index in [2.05, 4.69) is 32.6 Å². The minimum absolute atomic E-state index is 0.114. The molecule has 0 aromatic rings. The fraction of sp³-hybridized carbons (Fsp3) is 1.00. The largest absolute Gasteiger partial charge is 0.379 e. The maximum absolute atomic E-state index is 5.92. The molecule has 0 bridgehead atoms. The summed E-state index contributed by atoms with van der Waals surface area (Å²) in [5.41, 5.74) is 6.03. The highest BCUT2D eigenvalue weighted by molar-refractivity contribution is 4.93. The highest BCUT2D eigenvalue weighted by Crippen LogP contribution is 2.27. The van der Waals surface area contributed by atoms with Crippen LogP contribution in [0.3, 0.4) is 0 Å². The van der Waals surface area contributed by atoms with Crippen LogP contribution in [0.2, 0.25) is 0 Å². The highest BCUT2D eigenvalue weighted by Gasteiger charge is 2.37. The van der Waals surface area contributed by atoms with E-state index in [-0.39, 0.29) is 5.54 Å². The summed E-state index contributed by atoms with van der Waals surface area (Å²) in [6.07, 6.45) is 0. The van der Waals surface area contributed by atoms with Crippen molar-refractivity contribution in [3.63, 3.8) is 0 Å². The molecule has 1 fully saturated rings. The van der Waals surface area contributed by atoms with Crippen molar-refractivity contribution >= 4 is 0 Å². The van der Waals surface area contributed by atoms with Crippen LogP contribution in [0.25, 0.3) is 0 Å². The highest BCUT2D eigenvalue weighted by atomic mass is 16.5. The summed E-state index contributed by atoms with van der Waals surface area (Å²) in [5.74, 6) is 0.577. The fourth-order valence-corrected chi connectivity index (χ4v) is 2.17. The molecule has 0 radical (unpaired) electrons. The van der Waals surface area contributed by atoms with E-state index in [0.717, 1.165) is 26.3 Å². The molecule has 14 heavy (non-hydrogen) atoms. The lowest BCUT2D eigenvalue weighted by Gasteiger charge is -2.49. The van der Waals surface area contributed by atoms with Crippen molar-refractivity contribution in [3.8, 4) is 0 Å². The molecular weight excluding hydrogens is 176 g/mol. The van der Waals surface area contributed by atoms with Gasteiger partial charge in [0.25, 0.3) is 0 Å². The van der Waals surface area contributed by atoms with Gasteiger partial charge < -0.3 is 10.5 Å². The van der Waals surface area contributed by atoms with Gasteiger partial charge in [0, 0.05) is 24.7 Å². The SMILES string of the molecule is CC1COCCN1C(C)(CN)C(C)C. The van der Waals surface area contributed by atoms with Crippen LogP contribution in [0, 0.1) is 5.92 Å². The van der Waals surface area contributed by atoms with E-state index in [1.807, 2.05) is 0 Å². The van der Waals surface area contributed by atoms with Crippen molar-refractivity contribution < 1.29 is 4.74 Å². The third-order valence-electron chi connectivity index (χ3n) is 3.68. The number of morpholine rings is 1. The number of hydrogen-bond donors (Lipinski definition) is 1. The monoisotopic (exact) mass is 200 g/mol. The first kappa shape index (κ1) is 12.0. The van der Waals surface area contributed by atoms with E-state index in [0.29, 0.717) is 12.0 Å². The lowest BCUT2D eigenvalue weighted by atomic mass is 9.85. The van der Waals surface area contributed by atoms with Gasteiger partial charge in [-0.3, -0.25) is 4.90 Å². The predicted octanol–water partition coefficient (Wildman–Crippen LogP) is 1.08. The molecule has 1 rings (SSSR count). The van der Waals surface area contributed by atoms with Crippen LogP contribution >= 0.6 is 0 Å². The molecule has 0 saturated carbocycles. The van der Waals surface area contributed by atoms with Gasteiger partial charge in [-0.25, -0.2) is 0 Å². The van der Waals surface area contributed by atoms with Gasteiger partial charge in [0.1, 0.15) is 0 Å². The number of hydrogen-bond acceptors (Lipinski definition) is 3. The maximum atomic E-state index is 5.92. The van der Waals surface area contributed by atoms with Gasteiger partial charge in [-0.2, -0.15) is 0 Å². The Morgan fingerprint density at radius 2 is 2.21 bits per heavy atom. The summed E-state index contributed by atoms with van der Waals surface area (Å²) in [6, 6.07) is 0.486. The third kappa shape index (κ3) is 2.10. The summed E-state index contributed by atoms with van der Waals surface area (Å²) in [7, 11) is 0. The Kier molecular flexibility index (Phi) is 3.93. The zero-order chi connectivity index (χ0) is 10.8. The van der Waals surface area contributed by atoms with Crippen molar-refractivity contribution in [1.82, 2.24) is 4.90 Å². The normalized spacial score (nSPS) is 29.1. The van der Waals surface area contributed by atoms with E-state index in [4.69, 9.17) is 10.5 Å². The number of nitrogens with zero attached hydrogens (tertiary/aromatic N) is 1. The Morgan fingerprint density at radius 3 is 2.64 bits per heavy atom. The second-order valence-electron chi connectivity index (χ2n) is 4.83. The van der Waals surface area contributed by atoms with Crippen LogP contribution in [0.5, 0.6) is 0 Å². The molecule has 3 nitrogen and oxygen atoms in total. The molecule has 1 heterocycles. The van der Waals surface area contributed by atoms with Gasteiger partial charge in [0.2, 0.25) is 0 Å². The second kappa shape index (κ2) is 4.60. The van der Waals surface area contributed by atoms with Crippen molar-refractivity contribution in [2.45, 2.75) is 39.3 Å². The van der Waals surface area contributed by atoms with Crippen molar-refractivity contribution in [2.75, 3.05) is 26.3 Å². The van der Waals surface area contributed by atoms with Crippen LogP contribution < -0.4 is 5.73 Å². The molecule has 2 unspecified atom stereocenters.